The molecule has 2 heterocycles. The van der Waals surface area contributed by atoms with E-state index in [4.69, 9.17) is 5.11 Å². The Morgan fingerprint density at radius 1 is 1.43 bits per heavy atom. The smallest absolute Gasteiger partial charge is 0.305 e. The third-order valence-corrected chi connectivity index (χ3v) is 3.03. The van der Waals surface area contributed by atoms with Gasteiger partial charge in [-0.1, -0.05) is 6.92 Å². The number of carbonyl (C=O) groups is 2. The molecule has 110 valence electrons. The molecule has 21 heavy (non-hydrogen) atoms. The van der Waals surface area contributed by atoms with Crippen LogP contribution in [-0.2, 0) is 4.79 Å². The van der Waals surface area contributed by atoms with Gasteiger partial charge in [-0.15, -0.1) is 0 Å². The largest absolute Gasteiger partial charge is 0.481 e. The highest BCUT2D eigenvalue weighted by molar-refractivity contribution is 5.94. The van der Waals surface area contributed by atoms with Gasteiger partial charge < -0.3 is 10.4 Å². The van der Waals surface area contributed by atoms with E-state index in [-0.39, 0.29) is 18.4 Å². The van der Waals surface area contributed by atoms with Crippen molar-refractivity contribution in [1.82, 2.24) is 19.9 Å². The molecule has 1 atom stereocenters. The first-order valence-corrected chi connectivity index (χ1v) is 6.57. The Morgan fingerprint density at radius 2 is 2.24 bits per heavy atom. The van der Waals surface area contributed by atoms with E-state index < -0.39 is 5.97 Å². The number of carboxylic acid groups (broad SMARTS) is 1. The first-order valence-electron chi connectivity index (χ1n) is 6.57. The molecule has 2 aromatic heterocycles. The van der Waals surface area contributed by atoms with E-state index >= 15 is 0 Å². The number of pyridine rings is 1. The molecule has 1 unspecified atom stereocenters. The van der Waals surface area contributed by atoms with Crippen LogP contribution in [-0.4, -0.2) is 37.6 Å². The Morgan fingerprint density at radius 3 is 2.76 bits per heavy atom. The zero-order valence-electron chi connectivity index (χ0n) is 11.6. The van der Waals surface area contributed by atoms with Crippen molar-refractivity contribution in [1.29, 1.82) is 0 Å². The summed E-state index contributed by atoms with van der Waals surface area (Å²) >= 11 is 0. The minimum Gasteiger partial charge on any atom is -0.481 e. The monoisotopic (exact) mass is 288 g/mol. The number of rotatable bonds is 6. The number of hydrogen-bond donors (Lipinski definition) is 2. The van der Waals surface area contributed by atoms with Crippen molar-refractivity contribution >= 4 is 11.9 Å². The van der Waals surface area contributed by atoms with Gasteiger partial charge in [-0.05, 0) is 18.6 Å². The van der Waals surface area contributed by atoms with Crippen LogP contribution in [0.3, 0.4) is 0 Å². The number of amides is 1. The van der Waals surface area contributed by atoms with Gasteiger partial charge in [0.2, 0.25) is 0 Å². The number of aromatic nitrogens is 3. The summed E-state index contributed by atoms with van der Waals surface area (Å²) in [6, 6.07) is 2.96. The summed E-state index contributed by atoms with van der Waals surface area (Å²) in [5.74, 6) is -0.606. The van der Waals surface area contributed by atoms with Crippen molar-refractivity contribution < 1.29 is 14.7 Å². The molecule has 0 saturated carbocycles. The highest BCUT2D eigenvalue weighted by Crippen LogP contribution is 2.07. The number of nitrogens with zero attached hydrogens (tertiary/aromatic N) is 3. The molecular formula is C14H16N4O3. The molecule has 2 aromatic rings. The van der Waals surface area contributed by atoms with Gasteiger partial charge in [-0.3, -0.25) is 14.2 Å². The molecule has 2 N–H and O–H groups in total. The van der Waals surface area contributed by atoms with E-state index in [9.17, 15) is 9.59 Å². The molecule has 0 aliphatic heterocycles. The SMILES string of the molecule is CCC(CC(=O)O)NC(=O)c1ccc(-n2ccnc2)nc1. The zero-order valence-corrected chi connectivity index (χ0v) is 11.6. The molecule has 0 fully saturated rings. The van der Waals surface area contributed by atoms with Crippen molar-refractivity contribution in [3.63, 3.8) is 0 Å². The molecular weight excluding hydrogens is 272 g/mol. The third kappa shape index (κ3) is 3.88. The molecule has 0 spiro atoms. The van der Waals surface area contributed by atoms with Gasteiger partial charge in [0.25, 0.3) is 5.91 Å². The van der Waals surface area contributed by atoms with E-state index in [1.54, 1.807) is 35.4 Å². The minimum atomic E-state index is -0.935. The first kappa shape index (κ1) is 14.7. The average Bonchev–Trinajstić information content (AvgIpc) is 3.00. The highest BCUT2D eigenvalue weighted by atomic mass is 16.4. The van der Waals surface area contributed by atoms with Crippen LogP contribution in [0.1, 0.15) is 30.1 Å². The Hall–Kier alpha value is -2.70. The van der Waals surface area contributed by atoms with E-state index in [2.05, 4.69) is 15.3 Å². The van der Waals surface area contributed by atoms with Gasteiger partial charge in [-0.2, -0.15) is 0 Å². The maximum atomic E-state index is 12.0. The molecule has 2 rings (SSSR count). The molecule has 7 nitrogen and oxygen atoms in total. The second-order valence-electron chi connectivity index (χ2n) is 4.55. The summed E-state index contributed by atoms with van der Waals surface area (Å²) in [5, 5.41) is 11.5. The van der Waals surface area contributed by atoms with Crippen LogP contribution in [0.2, 0.25) is 0 Å². The third-order valence-electron chi connectivity index (χ3n) is 3.03. The Bertz CT molecular complexity index is 608. The predicted octanol–water partition coefficient (Wildman–Crippen LogP) is 1.25. The zero-order chi connectivity index (χ0) is 15.2. The lowest BCUT2D eigenvalue weighted by Gasteiger charge is -2.14. The first-order chi connectivity index (χ1) is 10.1. The fourth-order valence-corrected chi connectivity index (χ4v) is 1.84. The van der Waals surface area contributed by atoms with Crippen LogP contribution in [0.15, 0.2) is 37.1 Å². The van der Waals surface area contributed by atoms with Crippen molar-refractivity contribution in [2.45, 2.75) is 25.8 Å². The number of nitrogens with one attached hydrogen (secondary N) is 1. The summed E-state index contributed by atoms with van der Waals surface area (Å²) in [5.41, 5.74) is 0.391. The number of carbonyl (C=O) groups excluding carboxylic acids is 1. The summed E-state index contributed by atoms with van der Waals surface area (Å²) in [7, 11) is 0. The molecule has 0 aliphatic rings. The number of carboxylic acids is 1. The van der Waals surface area contributed by atoms with Crippen LogP contribution in [0, 0.1) is 0 Å². The van der Waals surface area contributed by atoms with Crippen molar-refractivity contribution in [3.05, 3.63) is 42.6 Å². The van der Waals surface area contributed by atoms with Crippen LogP contribution < -0.4 is 5.32 Å². The average molecular weight is 288 g/mol. The Kier molecular flexibility index (Phi) is 4.65. The lowest BCUT2D eigenvalue weighted by molar-refractivity contribution is -0.137. The fraction of sp³-hybridized carbons (Fsp3) is 0.286. The molecule has 0 aliphatic carbocycles. The maximum absolute atomic E-state index is 12.0. The van der Waals surface area contributed by atoms with Crippen LogP contribution in [0.5, 0.6) is 0 Å². The molecule has 0 radical (unpaired) electrons. The predicted molar refractivity (Wildman–Crippen MR) is 75.2 cm³/mol. The van der Waals surface area contributed by atoms with Gasteiger partial charge in [0.1, 0.15) is 12.1 Å². The summed E-state index contributed by atoms with van der Waals surface area (Å²) < 4.78 is 1.72. The standard InChI is InChI=1S/C14H16N4O3/c1-2-11(7-13(19)20)17-14(21)10-3-4-12(16-8-10)18-6-5-15-9-18/h3-6,8-9,11H,2,7H2,1H3,(H,17,21)(H,19,20). The van der Waals surface area contributed by atoms with Gasteiger partial charge in [0, 0.05) is 24.6 Å². The topological polar surface area (TPSA) is 97.1 Å². The Balaban J connectivity index is 2.04. The van der Waals surface area contributed by atoms with Crippen LogP contribution in [0.25, 0.3) is 5.82 Å². The molecule has 0 saturated heterocycles. The second kappa shape index (κ2) is 6.65. The summed E-state index contributed by atoms with van der Waals surface area (Å²) in [4.78, 5) is 30.8. The number of imidazole rings is 1. The van der Waals surface area contributed by atoms with Crippen molar-refractivity contribution in [3.8, 4) is 5.82 Å². The number of hydrogen-bond acceptors (Lipinski definition) is 4. The normalized spacial score (nSPS) is 11.9. The van der Waals surface area contributed by atoms with Gasteiger partial charge in [0.05, 0.1) is 12.0 Å². The number of aliphatic carboxylic acids is 1. The molecule has 0 bridgehead atoms. The molecule has 7 heteroatoms. The lowest BCUT2D eigenvalue weighted by Crippen LogP contribution is -2.36. The van der Waals surface area contributed by atoms with E-state index in [1.165, 1.54) is 6.20 Å². The highest BCUT2D eigenvalue weighted by Gasteiger charge is 2.15. The maximum Gasteiger partial charge on any atom is 0.305 e. The molecule has 0 aromatic carbocycles. The van der Waals surface area contributed by atoms with Crippen LogP contribution in [0.4, 0.5) is 0 Å². The quantitative estimate of drug-likeness (QED) is 0.833. The van der Waals surface area contributed by atoms with Crippen LogP contribution >= 0.6 is 0 Å². The van der Waals surface area contributed by atoms with Gasteiger partial charge >= 0.3 is 5.97 Å². The van der Waals surface area contributed by atoms with Gasteiger partial charge in [-0.25, -0.2) is 9.97 Å². The second-order valence-corrected chi connectivity index (χ2v) is 4.55. The van der Waals surface area contributed by atoms with Crippen molar-refractivity contribution in [2.24, 2.45) is 0 Å². The lowest BCUT2D eigenvalue weighted by atomic mass is 10.1. The van der Waals surface area contributed by atoms with Crippen molar-refractivity contribution in [2.75, 3.05) is 0 Å². The van der Waals surface area contributed by atoms with E-state index in [0.717, 1.165) is 0 Å². The summed E-state index contributed by atoms with van der Waals surface area (Å²) in [6.07, 6.45) is 6.92. The minimum absolute atomic E-state index is 0.0945. The fourth-order valence-electron chi connectivity index (χ4n) is 1.84. The van der Waals surface area contributed by atoms with E-state index in [1.807, 2.05) is 6.92 Å². The molecule has 1 amide bonds. The summed E-state index contributed by atoms with van der Waals surface area (Å²) in [6.45, 7) is 1.83. The van der Waals surface area contributed by atoms with E-state index in [0.29, 0.717) is 17.8 Å². The van der Waals surface area contributed by atoms with Gasteiger partial charge in [0.15, 0.2) is 0 Å². The Labute approximate surface area is 121 Å².